The van der Waals surface area contributed by atoms with E-state index in [1.165, 1.54) is 0 Å². The van der Waals surface area contributed by atoms with Gasteiger partial charge in [0.1, 0.15) is 6.61 Å². The first kappa shape index (κ1) is 15.1. The Hall–Kier alpha value is -1.30. The van der Waals surface area contributed by atoms with Crippen LogP contribution in [0.1, 0.15) is 5.56 Å². The second-order valence-corrected chi connectivity index (χ2v) is 5.15. The molecule has 0 amide bonds. The summed E-state index contributed by atoms with van der Waals surface area (Å²) in [5, 5.41) is 0. The highest BCUT2D eigenvalue weighted by molar-refractivity contribution is 5.46. The van der Waals surface area contributed by atoms with Crippen molar-refractivity contribution in [2.45, 2.75) is 6.54 Å². The summed E-state index contributed by atoms with van der Waals surface area (Å²) in [7, 11) is 3.82. The number of rotatable bonds is 6. The van der Waals surface area contributed by atoms with Crippen molar-refractivity contribution in [1.29, 1.82) is 0 Å². The van der Waals surface area contributed by atoms with E-state index in [0.717, 1.165) is 49.8 Å². The topological polar surface area (TPSA) is 51.0 Å². The highest BCUT2D eigenvalue weighted by atomic mass is 16.5. The maximum atomic E-state index is 5.92. The van der Waals surface area contributed by atoms with E-state index < -0.39 is 0 Å². The maximum Gasteiger partial charge on any atom is 0.165 e. The summed E-state index contributed by atoms with van der Waals surface area (Å²) < 4.78 is 11.3. The van der Waals surface area contributed by atoms with Crippen molar-refractivity contribution in [3.63, 3.8) is 0 Å². The highest BCUT2D eigenvalue weighted by Gasteiger charge is 2.14. The third-order valence-electron chi connectivity index (χ3n) is 3.75. The zero-order valence-corrected chi connectivity index (χ0v) is 12.5. The van der Waals surface area contributed by atoms with Crippen LogP contribution in [0.3, 0.4) is 0 Å². The Kier molecular flexibility index (Phi) is 5.64. The van der Waals surface area contributed by atoms with E-state index in [4.69, 9.17) is 15.2 Å². The Bertz CT molecular complexity index is 395. The van der Waals surface area contributed by atoms with Crippen molar-refractivity contribution >= 4 is 0 Å². The van der Waals surface area contributed by atoms with Gasteiger partial charge in [-0.05, 0) is 13.1 Å². The van der Waals surface area contributed by atoms with Gasteiger partial charge in [0, 0.05) is 44.8 Å². The first-order valence-corrected chi connectivity index (χ1v) is 7.14. The van der Waals surface area contributed by atoms with Crippen molar-refractivity contribution in [1.82, 2.24) is 9.80 Å². The molecule has 0 bridgehead atoms. The molecule has 20 heavy (non-hydrogen) atoms. The maximum absolute atomic E-state index is 5.92. The number of hydrogen-bond donors (Lipinski definition) is 1. The molecular weight excluding hydrogens is 254 g/mol. The number of benzene rings is 1. The second kappa shape index (κ2) is 7.47. The molecular formula is C15H25N3O2. The van der Waals surface area contributed by atoms with Crippen LogP contribution in [0.2, 0.25) is 0 Å². The first-order valence-electron chi connectivity index (χ1n) is 7.14. The lowest BCUT2D eigenvalue weighted by Gasteiger charge is -2.32. The number of nitrogens with two attached hydrogens (primary N) is 1. The predicted octanol–water partition coefficient (Wildman–Crippen LogP) is 0.780. The molecule has 0 spiro atoms. The van der Waals surface area contributed by atoms with Crippen LogP contribution in [0.15, 0.2) is 18.2 Å². The van der Waals surface area contributed by atoms with Crippen LogP contribution >= 0.6 is 0 Å². The lowest BCUT2D eigenvalue weighted by Crippen LogP contribution is -2.45. The van der Waals surface area contributed by atoms with Gasteiger partial charge < -0.3 is 20.1 Å². The average Bonchev–Trinajstić information content (AvgIpc) is 2.49. The Morgan fingerprint density at radius 3 is 2.60 bits per heavy atom. The van der Waals surface area contributed by atoms with Crippen molar-refractivity contribution in [2.75, 3.05) is 53.5 Å². The summed E-state index contributed by atoms with van der Waals surface area (Å²) >= 11 is 0. The smallest absolute Gasteiger partial charge is 0.165 e. The van der Waals surface area contributed by atoms with E-state index in [9.17, 15) is 0 Å². The fourth-order valence-electron chi connectivity index (χ4n) is 2.39. The molecule has 0 aromatic heterocycles. The van der Waals surface area contributed by atoms with E-state index in [1.54, 1.807) is 7.11 Å². The molecule has 1 fully saturated rings. The van der Waals surface area contributed by atoms with Crippen molar-refractivity contribution in [2.24, 2.45) is 5.73 Å². The van der Waals surface area contributed by atoms with Crippen LogP contribution in [0, 0.1) is 0 Å². The molecule has 1 aliphatic rings. The zero-order valence-electron chi connectivity index (χ0n) is 12.5. The molecule has 5 heteroatoms. The molecule has 0 unspecified atom stereocenters. The Morgan fingerprint density at radius 2 is 1.95 bits per heavy atom. The summed E-state index contributed by atoms with van der Waals surface area (Å²) in [6.07, 6.45) is 0. The summed E-state index contributed by atoms with van der Waals surface area (Å²) in [5.41, 5.74) is 6.74. The van der Waals surface area contributed by atoms with Crippen LogP contribution < -0.4 is 15.2 Å². The van der Waals surface area contributed by atoms with E-state index in [2.05, 4.69) is 16.8 Å². The molecule has 0 atom stereocenters. The highest BCUT2D eigenvalue weighted by Crippen LogP contribution is 2.30. The molecule has 0 aliphatic carbocycles. The lowest BCUT2D eigenvalue weighted by molar-refractivity contribution is 0.132. The fraction of sp³-hybridized carbons (Fsp3) is 0.600. The lowest BCUT2D eigenvalue weighted by atomic mass is 10.2. The molecule has 1 saturated heterocycles. The number of ether oxygens (including phenoxy) is 2. The van der Waals surface area contributed by atoms with Gasteiger partial charge in [-0.2, -0.15) is 0 Å². The molecule has 1 aromatic carbocycles. The van der Waals surface area contributed by atoms with Gasteiger partial charge in [0.15, 0.2) is 11.5 Å². The average molecular weight is 279 g/mol. The largest absolute Gasteiger partial charge is 0.493 e. The van der Waals surface area contributed by atoms with Crippen molar-refractivity contribution in [3.05, 3.63) is 23.8 Å². The Balaban J connectivity index is 1.87. The third kappa shape index (κ3) is 3.85. The van der Waals surface area contributed by atoms with Gasteiger partial charge in [-0.1, -0.05) is 12.1 Å². The van der Waals surface area contributed by atoms with Crippen LogP contribution in [-0.2, 0) is 6.54 Å². The van der Waals surface area contributed by atoms with Crippen LogP contribution in [0.25, 0.3) is 0 Å². The van der Waals surface area contributed by atoms with E-state index in [1.807, 2.05) is 18.2 Å². The summed E-state index contributed by atoms with van der Waals surface area (Å²) in [6, 6.07) is 5.83. The monoisotopic (exact) mass is 279 g/mol. The van der Waals surface area contributed by atoms with Gasteiger partial charge in [0.25, 0.3) is 0 Å². The summed E-state index contributed by atoms with van der Waals surface area (Å²) in [4.78, 5) is 4.78. The summed E-state index contributed by atoms with van der Waals surface area (Å²) in [6.45, 7) is 6.53. The molecule has 0 radical (unpaired) electrons. The quantitative estimate of drug-likeness (QED) is 0.834. The number of likely N-dealkylation sites (N-methyl/N-ethyl adjacent to an activating group) is 1. The molecule has 1 aromatic rings. The minimum Gasteiger partial charge on any atom is -0.493 e. The summed E-state index contributed by atoms with van der Waals surface area (Å²) in [5.74, 6) is 1.54. The molecule has 1 heterocycles. The van der Waals surface area contributed by atoms with Gasteiger partial charge in [0.05, 0.1) is 7.11 Å². The number of nitrogens with zero attached hydrogens (tertiary/aromatic N) is 2. The minimum absolute atomic E-state index is 0.459. The Morgan fingerprint density at radius 1 is 1.20 bits per heavy atom. The number of para-hydroxylation sites is 1. The van der Waals surface area contributed by atoms with E-state index in [0.29, 0.717) is 13.2 Å². The molecule has 112 valence electrons. The third-order valence-corrected chi connectivity index (χ3v) is 3.75. The molecule has 2 rings (SSSR count). The molecule has 5 nitrogen and oxygen atoms in total. The molecule has 0 saturated carbocycles. The van der Waals surface area contributed by atoms with Gasteiger partial charge >= 0.3 is 0 Å². The van der Waals surface area contributed by atoms with Crippen LogP contribution in [0.5, 0.6) is 11.5 Å². The van der Waals surface area contributed by atoms with Gasteiger partial charge in [-0.15, -0.1) is 0 Å². The van der Waals surface area contributed by atoms with E-state index in [-0.39, 0.29) is 0 Å². The second-order valence-electron chi connectivity index (χ2n) is 5.15. The minimum atomic E-state index is 0.459. The van der Waals surface area contributed by atoms with Crippen molar-refractivity contribution < 1.29 is 9.47 Å². The fourth-order valence-corrected chi connectivity index (χ4v) is 2.39. The van der Waals surface area contributed by atoms with Gasteiger partial charge in [-0.25, -0.2) is 0 Å². The Labute approximate surface area is 121 Å². The predicted molar refractivity (Wildman–Crippen MR) is 80.3 cm³/mol. The van der Waals surface area contributed by atoms with Gasteiger partial charge in [0.2, 0.25) is 0 Å². The van der Waals surface area contributed by atoms with Crippen molar-refractivity contribution in [3.8, 4) is 11.5 Å². The SMILES string of the molecule is COc1cccc(CN)c1OCCN1CCN(C)CC1. The molecule has 1 aliphatic heterocycles. The normalized spacial score (nSPS) is 17.1. The number of hydrogen-bond acceptors (Lipinski definition) is 5. The first-order chi connectivity index (χ1) is 9.74. The van der Waals surface area contributed by atoms with Crippen LogP contribution in [-0.4, -0.2) is 63.3 Å². The van der Waals surface area contributed by atoms with Crippen LogP contribution in [0.4, 0.5) is 0 Å². The number of piperazine rings is 1. The number of methoxy groups -OCH3 is 1. The standard InChI is InChI=1S/C15H25N3O2/c1-17-6-8-18(9-7-17)10-11-20-15-13(12-16)4-3-5-14(15)19-2/h3-5H,6-12,16H2,1-2H3. The van der Waals surface area contributed by atoms with E-state index >= 15 is 0 Å². The zero-order chi connectivity index (χ0) is 14.4. The van der Waals surface area contributed by atoms with Gasteiger partial charge in [-0.3, -0.25) is 4.90 Å². The molecule has 2 N–H and O–H groups in total.